The second kappa shape index (κ2) is 6.65. The molecule has 2 aliphatic rings. The van der Waals surface area contributed by atoms with Crippen molar-refractivity contribution in [2.75, 3.05) is 36.8 Å². The topological polar surface area (TPSA) is 45.4 Å². The van der Waals surface area contributed by atoms with Crippen LogP contribution < -0.4 is 10.6 Å². The molecule has 116 valence electrons. The maximum atomic E-state index is 6.04. The van der Waals surface area contributed by atoms with Gasteiger partial charge in [0.1, 0.15) is 0 Å². The first-order valence-electron chi connectivity index (χ1n) is 8.47. The second-order valence-electron chi connectivity index (χ2n) is 6.52. The molecule has 4 heteroatoms. The molecular weight excluding hydrogens is 260 g/mol. The number of anilines is 2. The highest BCUT2D eigenvalue weighted by Crippen LogP contribution is 2.30. The van der Waals surface area contributed by atoms with Gasteiger partial charge in [0.2, 0.25) is 0 Å². The average molecular weight is 288 g/mol. The molecule has 1 aliphatic carbocycles. The van der Waals surface area contributed by atoms with E-state index in [4.69, 9.17) is 5.73 Å². The number of nitrogens with zero attached hydrogens (tertiary/aromatic N) is 3. The van der Waals surface area contributed by atoms with E-state index in [0.29, 0.717) is 0 Å². The molecule has 2 N–H and O–H groups in total. The number of nitrogens with two attached hydrogens (primary N) is 1. The van der Waals surface area contributed by atoms with Crippen molar-refractivity contribution in [3.05, 3.63) is 18.3 Å². The van der Waals surface area contributed by atoms with Gasteiger partial charge in [0.15, 0.2) is 5.82 Å². The first-order chi connectivity index (χ1) is 10.3. The summed E-state index contributed by atoms with van der Waals surface area (Å²) in [4.78, 5) is 9.48. The summed E-state index contributed by atoms with van der Waals surface area (Å²) < 4.78 is 0. The summed E-state index contributed by atoms with van der Waals surface area (Å²) in [6.07, 6.45) is 8.83. The third kappa shape index (κ3) is 3.31. The maximum absolute atomic E-state index is 6.04. The smallest absolute Gasteiger partial charge is 0.151 e. The number of nitrogen functional groups attached to an aromatic ring is 1. The summed E-state index contributed by atoms with van der Waals surface area (Å²) >= 11 is 0. The van der Waals surface area contributed by atoms with E-state index >= 15 is 0 Å². The maximum Gasteiger partial charge on any atom is 0.151 e. The molecule has 2 fully saturated rings. The molecule has 0 spiro atoms. The van der Waals surface area contributed by atoms with Gasteiger partial charge in [-0.1, -0.05) is 13.3 Å². The van der Waals surface area contributed by atoms with Gasteiger partial charge in [0, 0.05) is 38.4 Å². The van der Waals surface area contributed by atoms with Gasteiger partial charge in [-0.05, 0) is 43.7 Å². The summed E-state index contributed by atoms with van der Waals surface area (Å²) in [7, 11) is 0. The van der Waals surface area contributed by atoms with Gasteiger partial charge in [-0.2, -0.15) is 0 Å². The molecule has 0 aromatic carbocycles. The summed E-state index contributed by atoms with van der Waals surface area (Å²) in [5, 5.41) is 0. The summed E-state index contributed by atoms with van der Waals surface area (Å²) in [6.45, 7) is 6.74. The zero-order chi connectivity index (χ0) is 14.7. The van der Waals surface area contributed by atoms with Crippen LogP contribution in [0.1, 0.15) is 39.0 Å². The predicted molar refractivity (Wildman–Crippen MR) is 88.5 cm³/mol. The van der Waals surface area contributed by atoms with Crippen molar-refractivity contribution in [2.45, 2.75) is 45.1 Å². The molecule has 1 aliphatic heterocycles. The van der Waals surface area contributed by atoms with Crippen LogP contribution in [0.4, 0.5) is 11.5 Å². The number of aromatic nitrogens is 1. The van der Waals surface area contributed by atoms with Crippen molar-refractivity contribution < 1.29 is 0 Å². The molecule has 4 nitrogen and oxygen atoms in total. The Morgan fingerprint density at radius 3 is 2.48 bits per heavy atom. The lowest BCUT2D eigenvalue weighted by Crippen LogP contribution is -2.51. The van der Waals surface area contributed by atoms with Crippen molar-refractivity contribution in [2.24, 2.45) is 5.92 Å². The lowest BCUT2D eigenvalue weighted by molar-refractivity contribution is 0.128. The third-order valence-electron chi connectivity index (χ3n) is 5.34. The molecule has 1 saturated heterocycles. The molecule has 0 bridgehead atoms. The van der Waals surface area contributed by atoms with Crippen molar-refractivity contribution in [1.82, 2.24) is 9.88 Å². The number of hydrogen-bond donors (Lipinski definition) is 1. The summed E-state index contributed by atoms with van der Waals surface area (Å²) in [5.41, 5.74) is 6.84. The van der Waals surface area contributed by atoms with Crippen molar-refractivity contribution >= 4 is 11.5 Å². The van der Waals surface area contributed by atoms with E-state index in [2.05, 4.69) is 21.7 Å². The fourth-order valence-corrected chi connectivity index (χ4v) is 3.89. The Morgan fingerprint density at radius 2 is 1.86 bits per heavy atom. The Bertz CT molecular complexity index is 446. The zero-order valence-corrected chi connectivity index (χ0v) is 13.2. The SMILES string of the molecule is CCC1CCC(N2CCN(c3ncccc3N)CC2)CC1. The van der Waals surface area contributed by atoms with Crippen LogP contribution in [0.5, 0.6) is 0 Å². The van der Waals surface area contributed by atoms with Crippen LogP contribution in [-0.4, -0.2) is 42.1 Å². The van der Waals surface area contributed by atoms with Gasteiger partial charge in [0.05, 0.1) is 5.69 Å². The molecule has 3 rings (SSSR count). The van der Waals surface area contributed by atoms with Gasteiger partial charge in [-0.3, -0.25) is 4.90 Å². The average Bonchev–Trinajstić information content (AvgIpc) is 2.56. The summed E-state index contributed by atoms with van der Waals surface area (Å²) in [6, 6.07) is 4.66. The molecular formula is C17H28N4. The Morgan fingerprint density at radius 1 is 1.14 bits per heavy atom. The van der Waals surface area contributed by atoms with Crippen LogP contribution in [0.15, 0.2) is 18.3 Å². The van der Waals surface area contributed by atoms with Crippen LogP contribution in [-0.2, 0) is 0 Å². The first-order valence-corrected chi connectivity index (χ1v) is 8.47. The van der Waals surface area contributed by atoms with E-state index in [1.165, 1.54) is 32.1 Å². The number of hydrogen-bond acceptors (Lipinski definition) is 4. The highest BCUT2D eigenvalue weighted by atomic mass is 15.3. The lowest BCUT2D eigenvalue weighted by atomic mass is 9.84. The minimum absolute atomic E-state index is 0.800. The number of piperazine rings is 1. The molecule has 21 heavy (non-hydrogen) atoms. The van der Waals surface area contributed by atoms with Gasteiger partial charge >= 0.3 is 0 Å². The van der Waals surface area contributed by atoms with E-state index in [9.17, 15) is 0 Å². The molecule has 2 heterocycles. The molecule has 1 aromatic rings. The molecule has 0 amide bonds. The van der Waals surface area contributed by atoms with Gasteiger partial charge in [-0.25, -0.2) is 4.98 Å². The van der Waals surface area contributed by atoms with Crippen LogP contribution in [0.25, 0.3) is 0 Å². The van der Waals surface area contributed by atoms with Crippen molar-refractivity contribution in [3.8, 4) is 0 Å². The van der Waals surface area contributed by atoms with Crippen molar-refractivity contribution in [1.29, 1.82) is 0 Å². The Kier molecular flexibility index (Phi) is 4.63. The highest BCUT2D eigenvalue weighted by molar-refractivity contribution is 5.62. The van der Waals surface area contributed by atoms with E-state index in [1.54, 1.807) is 0 Å². The Labute approximate surface area is 128 Å². The lowest BCUT2D eigenvalue weighted by Gasteiger charge is -2.42. The van der Waals surface area contributed by atoms with Gasteiger partial charge in [0.25, 0.3) is 0 Å². The van der Waals surface area contributed by atoms with Crippen LogP contribution in [0, 0.1) is 5.92 Å². The number of rotatable bonds is 3. The quantitative estimate of drug-likeness (QED) is 0.929. The second-order valence-corrected chi connectivity index (χ2v) is 6.52. The largest absolute Gasteiger partial charge is 0.396 e. The van der Waals surface area contributed by atoms with Gasteiger partial charge < -0.3 is 10.6 Å². The fourth-order valence-electron chi connectivity index (χ4n) is 3.89. The van der Waals surface area contributed by atoms with Gasteiger partial charge in [-0.15, -0.1) is 0 Å². The molecule has 0 radical (unpaired) electrons. The zero-order valence-electron chi connectivity index (χ0n) is 13.2. The highest BCUT2D eigenvalue weighted by Gasteiger charge is 2.28. The van der Waals surface area contributed by atoms with Crippen LogP contribution in [0.3, 0.4) is 0 Å². The van der Waals surface area contributed by atoms with E-state index in [1.807, 2.05) is 18.3 Å². The monoisotopic (exact) mass is 288 g/mol. The molecule has 0 atom stereocenters. The van der Waals surface area contributed by atoms with Crippen LogP contribution >= 0.6 is 0 Å². The Balaban J connectivity index is 1.53. The molecule has 0 unspecified atom stereocenters. The predicted octanol–water partition coefficient (Wildman–Crippen LogP) is 2.75. The number of pyridine rings is 1. The van der Waals surface area contributed by atoms with Crippen molar-refractivity contribution in [3.63, 3.8) is 0 Å². The van der Waals surface area contributed by atoms with Crippen LogP contribution in [0.2, 0.25) is 0 Å². The fraction of sp³-hybridized carbons (Fsp3) is 0.706. The minimum Gasteiger partial charge on any atom is -0.396 e. The Hall–Kier alpha value is -1.29. The molecule has 1 saturated carbocycles. The van der Waals surface area contributed by atoms with E-state index in [-0.39, 0.29) is 0 Å². The normalized spacial score (nSPS) is 27.8. The third-order valence-corrected chi connectivity index (χ3v) is 5.34. The van der Waals surface area contributed by atoms with E-state index in [0.717, 1.165) is 49.6 Å². The standard InChI is InChI=1S/C17H28N4/c1-2-14-5-7-15(8-6-14)20-10-12-21(13-11-20)17-16(18)4-3-9-19-17/h3-4,9,14-15H,2,5-8,10-13,18H2,1H3. The summed E-state index contributed by atoms with van der Waals surface area (Å²) in [5.74, 6) is 1.95. The first kappa shape index (κ1) is 14.6. The van der Waals surface area contributed by atoms with E-state index < -0.39 is 0 Å². The minimum atomic E-state index is 0.800. The molecule has 1 aromatic heterocycles.